The molecule has 1 fully saturated rings. The van der Waals surface area contributed by atoms with Crippen LogP contribution in [0.15, 0.2) is 12.1 Å². The van der Waals surface area contributed by atoms with Gasteiger partial charge in [-0.2, -0.15) is 0 Å². The molecule has 0 aliphatic heterocycles. The maximum absolute atomic E-state index is 13.9. The number of ether oxygens (including phenoxy) is 1. The lowest BCUT2D eigenvalue weighted by Crippen LogP contribution is -2.41. The standard InChI is InChI=1S/C16H17F2NO2/c1-3-7-21-15-9-13(17)12(8-14(15)18)16(20)19-10(2)11-5-4-6-11/h1,8-11H,4-7H2,2H3,(H,19,20)/t10-/m1/s1. The summed E-state index contributed by atoms with van der Waals surface area (Å²) in [5.74, 6) is 0.0205. The molecule has 1 aliphatic rings. The molecule has 1 N–H and O–H groups in total. The van der Waals surface area contributed by atoms with Gasteiger partial charge in [-0.05, 0) is 31.7 Å². The quantitative estimate of drug-likeness (QED) is 0.848. The number of hydrogen-bond donors (Lipinski definition) is 1. The molecular weight excluding hydrogens is 276 g/mol. The van der Waals surface area contributed by atoms with Gasteiger partial charge >= 0.3 is 0 Å². The molecular formula is C16H17F2NO2. The minimum Gasteiger partial charge on any atom is -0.478 e. The smallest absolute Gasteiger partial charge is 0.254 e. The van der Waals surface area contributed by atoms with E-state index >= 15 is 0 Å². The van der Waals surface area contributed by atoms with Gasteiger partial charge in [0, 0.05) is 12.1 Å². The molecule has 1 aromatic rings. The molecule has 112 valence electrons. The normalized spacial score (nSPS) is 15.7. The summed E-state index contributed by atoms with van der Waals surface area (Å²) in [6.07, 6.45) is 8.24. The first-order chi connectivity index (χ1) is 10.0. The maximum atomic E-state index is 13.9. The molecule has 1 aliphatic carbocycles. The molecule has 0 bridgehead atoms. The Kier molecular flexibility index (Phi) is 4.79. The fourth-order valence-corrected chi connectivity index (χ4v) is 2.27. The van der Waals surface area contributed by atoms with E-state index < -0.39 is 17.5 Å². The summed E-state index contributed by atoms with van der Waals surface area (Å²) in [5.41, 5.74) is -0.327. The zero-order valence-corrected chi connectivity index (χ0v) is 11.8. The Labute approximate surface area is 122 Å². The first-order valence-electron chi connectivity index (χ1n) is 6.89. The molecule has 0 saturated heterocycles. The fourth-order valence-electron chi connectivity index (χ4n) is 2.27. The molecule has 21 heavy (non-hydrogen) atoms. The van der Waals surface area contributed by atoms with Gasteiger partial charge in [0.2, 0.25) is 0 Å². The predicted octanol–water partition coefficient (Wildman–Crippen LogP) is 2.90. The van der Waals surface area contributed by atoms with Crippen LogP contribution in [0.1, 0.15) is 36.5 Å². The molecule has 5 heteroatoms. The van der Waals surface area contributed by atoms with Crippen molar-refractivity contribution in [2.75, 3.05) is 6.61 Å². The maximum Gasteiger partial charge on any atom is 0.254 e. The first-order valence-corrected chi connectivity index (χ1v) is 6.89. The van der Waals surface area contributed by atoms with Crippen molar-refractivity contribution >= 4 is 5.91 Å². The predicted molar refractivity (Wildman–Crippen MR) is 75.0 cm³/mol. The third-order valence-electron chi connectivity index (χ3n) is 3.79. The highest BCUT2D eigenvalue weighted by Crippen LogP contribution is 2.29. The highest BCUT2D eigenvalue weighted by molar-refractivity contribution is 5.94. The SMILES string of the molecule is C#CCOc1cc(F)c(C(=O)N[C@H](C)C2CCC2)cc1F. The van der Waals surface area contributed by atoms with Gasteiger partial charge in [-0.1, -0.05) is 12.3 Å². The largest absolute Gasteiger partial charge is 0.478 e. The number of halogens is 2. The van der Waals surface area contributed by atoms with E-state index in [-0.39, 0.29) is 24.0 Å². The fraction of sp³-hybridized carbons (Fsp3) is 0.438. The van der Waals surface area contributed by atoms with E-state index in [4.69, 9.17) is 11.2 Å². The Bertz CT molecular complexity index is 576. The lowest BCUT2D eigenvalue weighted by Gasteiger charge is -2.31. The van der Waals surface area contributed by atoms with Crippen LogP contribution in [0.5, 0.6) is 5.75 Å². The molecule has 0 spiro atoms. The van der Waals surface area contributed by atoms with E-state index in [1.165, 1.54) is 0 Å². The molecule has 0 aromatic heterocycles. The number of nitrogens with one attached hydrogen (secondary N) is 1. The summed E-state index contributed by atoms with van der Waals surface area (Å²) in [6.45, 7) is 1.71. The van der Waals surface area contributed by atoms with E-state index in [2.05, 4.69) is 11.2 Å². The average Bonchev–Trinajstić information content (AvgIpc) is 2.36. The first kappa shape index (κ1) is 15.3. The van der Waals surface area contributed by atoms with E-state index in [0.717, 1.165) is 31.4 Å². The Morgan fingerprint density at radius 3 is 2.76 bits per heavy atom. The summed E-state index contributed by atoms with van der Waals surface area (Å²) >= 11 is 0. The summed E-state index contributed by atoms with van der Waals surface area (Å²) < 4.78 is 32.5. The molecule has 0 radical (unpaired) electrons. The van der Waals surface area contributed by atoms with Crippen LogP contribution in [0.3, 0.4) is 0 Å². The number of rotatable bonds is 5. The molecule has 1 amide bonds. The van der Waals surface area contributed by atoms with E-state index in [1.807, 2.05) is 6.92 Å². The number of terminal acetylenes is 1. The van der Waals surface area contributed by atoms with Gasteiger partial charge in [0.1, 0.15) is 12.4 Å². The average molecular weight is 293 g/mol. The van der Waals surface area contributed by atoms with Crippen LogP contribution < -0.4 is 10.1 Å². The van der Waals surface area contributed by atoms with Crippen molar-refractivity contribution in [2.24, 2.45) is 5.92 Å². The second-order valence-corrected chi connectivity index (χ2v) is 5.21. The summed E-state index contributed by atoms with van der Waals surface area (Å²) in [6, 6.07) is 1.63. The van der Waals surface area contributed by atoms with E-state index in [1.54, 1.807) is 0 Å². The number of carbonyl (C=O) groups is 1. The van der Waals surface area contributed by atoms with Gasteiger partial charge in [0.05, 0.1) is 5.56 Å². The van der Waals surface area contributed by atoms with Gasteiger partial charge in [0.15, 0.2) is 11.6 Å². The van der Waals surface area contributed by atoms with Crippen LogP contribution in [-0.4, -0.2) is 18.6 Å². The molecule has 2 rings (SSSR count). The highest BCUT2D eigenvalue weighted by Gasteiger charge is 2.26. The van der Waals surface area contributed by atoms with Crippen molar-refractivity contribution in [3.63, 3.8) is 0 Å². The third-order valence-corrected chi connectivity index (χ3v) is 3.79. The van der Waals surface area contributed by atoms with Crippen LogP contribution in [0.4, 0.5) is 8.78 Å². The lowest BCUT2D eigenvalue weighted by molar-refractivity contribution is 0.0904. The van der Waals surface area contributed by atoms with Crippen molar-refractivity contribution in [1.82, 2.24) is 5.32 Å². The summed E-state index contributed by atoms with van der Waals surface area (Å²) in [5, 5.41) is 2.71. The highest BCUT2D eigenvalue weighted by atomic mass is 19.1. The van der Waals surface area contributed by atoms with E-state index in [9.17, 15) is 13.6 Å². The lowest BCUT2D eigenvalue weighted by atomic mass is 9.80. The van der Waals surface area contributed by atoms with Gasteiger partial charge < -0.3 is 10.1 Å². The van der Waals surface area contributed by atoms with Crippen molar-refractivity contribution in [2.45, 2.75) is 32.2 Å². The Hall–Kier alpha value is -2.09. The minimum atomic E-state index is -0.832. The summed E-state index contributed by atoms with van der Waals surface area (Å²) in [4.78, 5) is 12.0. The molecule has 3 nitrogen and oxygen atoms in total. The van der Waals surface area contributed by atoms with Crippen molar-refractivity contribution in [1.29, 1.82) is 0 Å². The van der Waals surface area contributed by atoms with Crippen molar-refractivity contribution in [3.05, 3.63) is 29.3 Å². The zero-order valence-electron chi connectivity index (χ0n) is 11.8. The second-order valence-electron chi connectivity index (χ2n) is 5.21. The van der Waals surface area contributed by atoms with Crippen LogP contribution in [0.25, 0.3) is 0 Å². The molecule has 1 saturated carbocycles. The molecule has 0 heterocycles. The van der Waals surface area contributed by atoms with Crippen LogP contribution >= 0.6 is 0 Å². The van der Waals surface area contributed by atoms with Gasteiger partial charge in [-0.15, -0.1) is 6.42 Å². The van der Waals surface area contributed by atoms with Crippen LogP contribution in [-0.2, 0) is 0 Å². The minimum absolute atomic E-state index is 0.0499. The number of amides is 1. The second kappa shape index (κ2) is 6.57. The van der Waals surface area contributed by atoms with Crippen molar-refractivity contribution in [3.8, 4) is 18.1 Å². The van der Waals surface area contributed by atoms with Gasteiger partial charge in [-0.25, -0.2) is 8.78 Å². The molecule has 0 unspecified atom stereocenters. The number of carbonyl (C=O) groups excluding carboxylic acids is 1. The van der Waals surface area contributed by atoms with Gasteiger partial charge in [-0.3, -0.25) is 4.79 Å². The van der Waals surface area contributed by atoms with E-state index in [0.29, 0.717) is 5.92 Å². The molecule has 1 aromatic carbocycles. The zero-order chi connectivity index (χ0) is 15.4. The Balaban J connectivity index is 2.10. The summed E-state index contributed by atoms with van der Waals surface area (Å²) in [7, 11) is 0. The monoisotopic (exact) mass is 293 g/mol. The topological polar surface area (TPSA) is 38.3 Å². The number of hydrogen-bond acceptors (Lipinski definition) is 2. The third kappa shape index (κ3) is 3.52. The van der Waals surface area contributed by atoms with Crippen molar-refractivity contribution < 1.29 is 18.3 Å². The Morgan fingerprint density at radius 1 is 1.48 bits per heavy atom. The number of benzene rings is 1. The molecule has 1 atom stereocenters. The van der Waals surface area contributed by atoms with Crippen LogP contribution in [0.2, 0.25) is 0 Å². The van der Waals surface area contributed by atoms with Crippen LogP contribution in [0, 0.1) is 29.9 Å². The van der Waals surface area contributed by atoms with Gasteiger partial charge in [0.25, 0.3) is 5.91 Å². The Morgan fingerprint density at radius 2 is 2.19 bits per heavy atom.